The Morgan fingerprint density at radius 1 is 1.04 bits per heavy atom. The van der Waals surface area contributed by atoms with Crippen LogP contribution in [0.15, 0.2) is 24.3 Å². The van der Waals surface area contributed by atoms with Gasteiger partial charge in [0, 0.05) is 32.7 Å². The van der Waals surface area contributed by atoms with Crippen molar-refractivity contribution in [1.29, 1.82) is 0 Å². The number of amides is 3. The highest BCUT2D eigenvalue weighted by molar-refractivity contribution is 5.89. The van der Waals surface area contributed by atoms with E-state index in [0.29, 0.717) is 25.1 Å². The summed E-state index contributed by atoms with van der Waals surface area (Å²) in [5.74, 6) is -0.475. The van der Waals surface area contributed by atoms with E-state index in [1.807, 2.05) is 21.9 Å². The summed E-state index contributed by atoms with van der Waals surface area (Å²) in [4.78, 5) is 40.3. The maximum atomic E-state index is 12.6. The molecule has 7 heteroatoms. The third kappa shape index (κ3) is 5.03. The monoisotopic (exact) mass is 387 g/mol. The molecule has 1 N–H and O–H groups in total. The van der Waals surface area contributed by atoms with Crippen molar-refractivity contribution in [1.82, 2.24) is 15.1 Å². The van der Waals surface area contributed by atoms with Crippen molar-refractivity contribution in [3.8, 4) is 0 Å². The van der Waals surface area contributed by atoms with Crippen molar-refractivity contribution >= 4 is 17.9 Å². The van der Waals surface area contributed by atoms with Crippen LogP contribution in [0.1, 0.15) is 41.6 Å². The van der Waals surface area contributed by atoms with Gasteiger partial charge in [0.25, 0.3) is 0 Å². The molecule has 28 heavy (non-hydrogen) atoms. The van der Waals surface area contributed by atoms with E-state index in [9.17, 15) is 14.4 Å². The number of likely N-dealkylation sites (tertiary alicyclic amines) is 2. The minimum absolute atomic E-state index is 0.0186. The zero-order valence-electron chi connectivity index (χ0n) is 16.5. The minimum atomic E-state index is -0.356. The van der Waals surface area contributed by atoms with Crippen molar-refractivity contribution in [2.45, 2.75) is 32.1 Å². The van der Waals surface area contributed by atoms with Gasteiger partial charge in [-0.15, -0.1) is 0 Å². The number of ether oxygens (including phenoxy) is 1. The van der Waals surface area contributed by atoms with Crippen LogP contribution >= 0.6 is 0 Å². The van der Waals surface area contributed by atoms with E-state index in [-0.39, 0.29) is 23.8 Å². The molecule has 2 saturated heterocycles. The Balaban J connectivity index is 1.44. The van der Waals surface area contributed by atoms with Crippen LogP contribution in [0.3, 0.4) is 0 Å². The number of hydrogen-bond acceptors (Lipinski definition) is 4. The number of urea groups is 1. The normalized spacial score (nSPS) is 19.4. The van der Waals surface area contributed by atoms with Crippen molar-refractivity contribution in [3.05, 3.63) is 35.4 Å². The van der Waals surface area contributed by atoms with Gasteiger partial charge in [-0.1, -0.05) is 12.1 Å². The van der Waals surface area contributed by atoms with E-state index in [0.717, 1.165) is 50.9 Å². The van der Waals surface area contributed by atoms with Crippen LogP contribution in [0, 0.1) is 5.92 Å². The van der Waals surface area contributed by atoms with E-state index in [1.54, 1.807) is 12.1 Å². The molecule has 2 fully saturated rings. The van der Waals surface area contributed by atoms with Gasteiger partial charge in [0.15, 0.2) is 0 Å². The first-order valence-electron chi connectivity index (χ1n) is 10.1. The van der Waals surface area contributed by atoms with Crippen LogP contribution in [0.4, 0.5) is 4.79 Å². The lowest BCUT2D eigenvalue weighted by Gasteiger charge is -2.34. The Morgan fingerprint density at radius 2 is 1.71 bits per heavy atom. The number of carbonyl (C=O) groups excluding carboxylic acids is 3. The smallest absolute Gasteiger partial charge is 0.337 e. The highest BCUT2D eigenvalue weighted by atomic mass is 16.5. The van der Waals surface area contributed by atoms with Gasteiger partial charge < -0.3 is 19.9 Å². The predicted molar refractivity (Wildman–Crippen MR) is 105 cm³/mol. The third-order valence-corrected chi connectivity index (χ3v) is 5.53. The molecule has 152 valence electrons. The number of benzene rings is 1. The second-order valence-corrected chi connectivity index (χ2v) is 7.49. The van der Waals surface area contributed by atoms with Crippen LogP contribution in [-0.4, -0.2) is 67.5 Å². The zero-order chi connectivity index (χ0) is 19.9. The first kappa shape index (κ1) is 20.2. The molecule has 1 atom stereocenters. The summed E-state index contributed by atoms with van der Waals surface area (Å²) in [5.41, 5.74) is 1.56. The van der Waals surface area contributed by atoms with Gasteiger partial charge in [-0.3, -0.25) is 4.79 Å². The molecule has 3 amide bonds. The van der Waals surface area contributed by atoms with Crippen LogP contribution in [0.25, 0.3) is 0 Å². The highest BCUT2D eigenvalue weighted by Gasteiger charge is 2.31. The summed E-state index contributed by atoms with van der Waals surface area (Å²) in [6.07, 6.45) is 4.53. The highest BCUT2D eigenvalue weighted by Crippen LogP contribution is 2.20. The topological polar surface area (TPSA) is 79.0 Å². The summed E-state index contributed by atoms with van der Waals surface area (Å²) in [5, 5.41) is 3.00. The SMILES string of the molecule is COC(=O)c1ccc(CCNC(=O)C2CCCN(C(=O)N3CCCC3)C2)cc1. The van der Waals surface area contributed by atoms with Crippen molar-refractivity contribution < 1.29 is 19.1 Å². The first-order chi connectivity index (χ1) is 13.6. The van der Waals surface area contributed by atoms with Crippen LogP contribution < -0.4 is 5.32 Å². The minimum Gasteiger partial charge on any atom is -0.465 e. The van der Waals surface area contributed by atoms with Gasteiger partial charge in [0.2, 0.25) is 5.91 Å². The maximum absolute atomic E-state index is 12.6. The second-order valence-electron chi connectivity index (χ2n) is 7.49. The molecule has 3 rings (SSSR count). The molecule has 0 bridgehead atoms. The maximum Gasteiger partial charge on any atom is 0.337 e. The summed E-state index contributed by atoms with van der Waals surface area (Å²) in [6.45, 7) is 3.45. The lowest BCUT2D eigenvalue weighted by atomic mass is 9.97. The fourth-order valence-electron chi connectivity index (χ4n) is 3.87. The Labute approximate surface area is 166 Å². The molecule has 2 aliphatic rings. The number of carbonyl (C=O) groups is 3. The molecule has 0 aliphatic carbocycles. The van der Waals surface area contributed by atoms with Gasteiger partial charge in [-0.2, -0.15) is 0 Å². The quantitative estimate of drug-likeness (QED) is 0.785. The van der Waals surface area contributed by atoms with E-state index in [1.165, 1.54) is 7.11 Å². The van der Waals surface area contributed by atoms with E-state index < -0.39 is 0 Å². The van der Waals surface area contributed by atoms with Crippen molar-refractivity contribution in [2.24, 2.45) is 5.92 Å². The van der Waals surface area contributed by atoms with Gasteiger partial charge >= 0.3 is 12.0 Å². The summed E-state index contributed by atoms with van der Waals surface area (Å²) in [6, 6.07) is 7.28. The third-order valence-electron chi connectivity index (χ3n) is 5.53. The Kier molecular flexibility index (Phi) is 6.90. The van der Waals surface area contributed by atoms with Crippen LogP contribution in [-0.2, 0) is 16.0 Å². The molecular formula is C21H29N3O4. The molecule has 2 heterocycles. The number of esters is 1. The summed E-state index contributed by atoms with van der Waals surface area (Å²) < 4.78 is 4.69. The number of nitrogens with one attached hydrogen (secondary N) is 1. The Hall–Kier alpha value is -2.57. The standard InChI is InChI=1S/C21H29N3O4/c1-28-20(26)17-8-6-16(7-9-17)10-11-22-19(25)18-5-4-14-24(15-18)21(27)23-12-2-3-13-23/h6-9,18H,2-5,10-15H2,1H3,(H,22,25). The largest absolute Gasteiger partial charge is 0.465 e. The predicted octanol–water partition coefficient (Wildman–Crippen LogP) is 2.06. The van der Waals surface area contributed by atoms with Gasteiger partial charge in [0.05, 0.1) is 18.6 Å². The van der Waals surface area contributed by atoms with Gasteiger partial charge in [-0.25, -0.2) is 9.59 Å². The molecule has 7 nitrogen and oxygen atoms in total. The second kappa shape index (κ2) is 9.57. The summed E-state index contributed by atoms with van der Waals surface area (Å²) >= 11 is 0. The molecule has 1 aromatic rings. The van der Waals surface area contributed by atoms with E-state index in [4.69, 9.17) is 0 Å². The molecule has 1 aromatic carbocycles. The molecule has 0 aromatic heterocycles. The molecule has 0 spiro atoms. The number of piperidine rings is 1. The average Bonchev–Trinajstić information content (AvgIpc) is 3.28. The van der Waals surface area contributed by atoms with Crippen molar-refractivity contribution in [3.63, 3.8) is 0 Å². The van der Waals surface area contributed by atoms with Crippen LogP contribution in [0.2, 0.25) is 0 Å². The lowest BCUT2D eigenvalue weighted by molar-refractivity contribution is -0.126. The Bertz CT molecular complexity index is 698. The Morgan fingerprint density at radius 3 is 2.39 bits per heavy atom. The molecular weight excluding hydrogens is 358 g/mol. The number of nitrogens with zero attached hydrogens (tertiary/aromatic N) is 2. The average molecular weight is 387 g/mol. The molecule has 0 radical (unpaired) electrons. The zero-order valence-corrected chi connectivity index (χ0v) is 16.5. The summed E-state index contributed by atoms with van der Waals surface area (Å²) in [7, 11) is 1.36. The first-order valence-corrected chi connectivity index (χ1v) is 10.1. The van der Waals surface area contributed by atoms with Gasteiger partial charge in [-0.05, 0) is 49.8 Å². The van der Waals surface area contributed by atoms with Crippen molar-refractivity contribution in [2.75, 3.05) is 39.8 Å². The lowest BCUT2D eigenvalue weighted by Crippen LogP contribution is -2.49. The van der Waals surface area contributed by atoms with E-state index >= 15 is 0 Å². The number of hydrogen-bond donors (Lipinski definition) is 1. The molecule has 1 unspecified atom stereocenters. The number of rotatable bonds is 5. The molecule has 0 saturated carbocycles. The fraction of sp³-hybridized carbons (Fsp3) is 0.571. The number of methoxy groups -OCH3 is 1. The van der Waals surface area contributed by atoms with Gasteiger partial charge in [0.1, 0.15) is 0 Å². The molecule has 2 aliphatic heterocycles. The van der Waals surface area contributed by atoms with E-state index in [2.05, 4.69) is 10.1 Å². The van der Waals surface area contributed by atoms with Crippen LogP contribution in [0.5, 0.6) is 0 Å². The fourth-order valence-corrected chi connectivity index (χ4v) is 3.87.